The average molecular weight is 581 g/mol. The molecule has 2 aromatic heterocycles. The predicted octanol–water partition coefficient (Wildman–Crippen LogP) is 4.97. The van der Waals surface area contributed by atoms with Crippen LogP contribution in [0.4, 0.5) is 5.82 Å². The molecule has 3 aromatic rings. The molecule has 0 aliphatic carbocycles. The van der Waals surface area contributed by atoms with Crippen molar-refractivity contribution in [1.29, 1.82) is 0 Å². The van der Waals surface area contributed by atoms with Crippen molar-refractivity contribution in [2.24, 2.45) is 0 Å². The molecule has 1 aromatic carbocycles. The lowest BCUT2D eigenvalue weighted by Crippen LogP contribution is -2.23. The molecule has 0 bridgehead atoms. The van der Waals surface area contributed by atoms with Crippen LogP contribution in [-0.4, -0.2) is 52.3 Å². The Morgan fingerprint density at radius 1 is 1.15 bits per heavy atom. The number of aliphatic hydroxyl groups excluding tert-OH is 1. The normalized spacial score (nSPS) is 17.9. The van der Waals surface area contributed by atoms with E-state index in [4.69, 9.17) is 4.74 Å². The summed E-state index contributed by atoms with van der Waals surface area (Å²) < 4.78 is 34.2. The van der Waals surface area contributed by atoms with Gasteiger partial charge in [0.2, 0.25) is 10.0 Å². The summed E-state index contributed by atoms with van der Waals surface area (Å²) in [5.74, 6) is 0.914. The van der Waals surface area contributed by atoms with E-state index in [0.717, 1.165) is 18.2 Å². The van der Waals surface area contributed by atoms with Gasteiger partial charge in [-0.15, -0.1) is 0 Å². The Kier molecular flexibility index (Phi) is 12.4. The van der Waals surface area contributed by atoms with Crippen molar-refractivity contribution in [3.05, 3.63) is 97.0 Å². The van der Waals surface area contributed by atoms with Crippen LogP contribution >= 0.6 is 0 Å². The van der Waals surface area contributed by atoms with Gasteiger partial charge in [-0.25, -0.2) is 28.1 Å². The standard InChI is InChI=1S/C28H34N6O4S.C2H6/c1-3-5-6-7-9-14-22(21-12-10-8-11-13-21)17-29-27-26-28(33-24(32-27)18-31-39(36,37)4-2)34(20-30-26)25-16-15-23(19-35)38-25;1-2/h3-13,20,22-23,25,31,35H,1-2,14-19H2,(H,29,32,33);1-2H3/b6-5-,9-7-;. The third kappa shape index (κ3) is 8.92. The number of aliphatic hydroxyl groups is 1. The van der Waals surface area contributed by atoms with Gasteiger partial charge in [0.15, 0.2) is 17.0 Å². The number of nitrogens with one attached hydrogen (secondary N) is 2. The fourth-order valence-corrected chi connectivity index (χ4v) is 4.82. The summed E-state index contributed by atoms with van der Waals surface area (Å²) in [6, 6.07) is 10.2. The van der Waals surface area contributed by atoms with Crippen LogP contribution in [0.25, 0.3) is 11.2 Å². The third-order valence-corrected chi connectivity index (χ3v) is 7.41. The Labute approximate surface area is 242 Å². The molecule has 3 atom stereocenters. The molecule has 1 saturated heterocycles. The van der Waals surface area contributed by atoms with Gasteiger partial charge in [-0.1, -0.05) is 87.7 Å². The number of fused-ring (bicyclic) bond motifs is 1. The Bertz CT molecular complexity index is 1440. The first-order valence-corrected chi connectivity index (χ1v) is 15.3. The molecule has 10 nitrogen and oxygen atoms in total. The second kappa shape index (κ2) is 16.0. The van der Waals surface area contributed by atoms with Gasteiger partial charge in [-0.05, 0) is 24.8 Å². The summed E-state index contributed by atoms with van der Waals surface area (Å²) in [6.45, 7) is 11.4. The number of sulfonamides is 1. The van der Waals surface area contributed by atoms with Gasteiger partial charge in [-0.2, -0.15) is 0 Å². The number of imidazole rings is 1. The first-order valence-electron chi connectivity index (χ1n) is 13.8. The second-order valence-corrected chi connectivity index (χ2v) is 10.8. The lowest BCUT2D eigenvalue weighted by Gasteiger charge is -2.18. The van der Waals surface area contributed by atoms with Crippen LogP contribution in [0.5, 0.6) is 0 Å². The fourth-order valence-electron chi connectivity index (χ4n) is 4.37. The number of anilines is 1. The van der Waals surface area contributed by atoms with Crippen molar-refractivity contribution in [3.8, 4) is 0 Å². The highest BCUT2D eigenvalue weighted by atomic mass is 32.2. The molecule has 3 unspecified atom stereocenters. The highest BCUT2D eigenvalue weighted by Crippen LogP contribution is 2.32. The van der Waals surface area contributed by atoms with Gasteiger partial charge in [0, 0.05) is 17.9 Å². The molecule has 11 heteroatoms. The summed E-state index contributed by atoms with van der Waals surface area (Å²) in [5.41, 5.74) is 2.25. The molecular formula is C30H40N6O4S. The zero-order valence-corrected chi connectivity index (χ0v) is 24.5. The lowest BCUT2D eigenvalue weighted by molar-refractivity contribution is -0.0207. The van der Waals surface area contributed by atoms with E-state index in [2.05, 4.69) is 56.4 Å². The molecule has 0 radical (unpaired) electrons. The van der Waals surface area contributed by atoms with E-state index >= 15 is 0 Å². The van der Waals surface area contributed by atoms with E-state index in [1.807, 2.05) is 54.8 Å². The summed E-state index contributed by atoms with van der Waals surface area (Å²) in [7, 11) is -3.67. The highest BCUT2D eigenvalue weighted by Gasteiger charge is 2.28. The molecule has 41 heavy (non-hydrogen) atoms. The van der Waals surface area contributed by atoms with Crippen molar-refractivity contribution < 1.29 is 18.3 Å². The van der Waals surface area contributed by atoms with Crippen molar-refractivity contribution >= 4 is 27.0 Å². The molecular weight excluding hydrogens is 540 g/mol. The molecule has 0 amide bonds. The first kappa shape index (κ1) is 31.9. The van der Waals surface area contributed by atoms with Crippen LogP contribution in [0.1, 0.15) is 56.6 Å². The van der Waals surface area contributed by atoms with Crippen molar-refractivity contribution in [1.82, 2.24) is 24.2 Å². The molecule has 3 N–H and O–H groups in total. The molecule has 1 aliphatic rings. The minimum Gasteiger partial charge on any atom is -0.394 e. The Morgan fingerprint density at radius 3 is 2.61 bits per heavy atom. The van der Waals surface area contributed by atoms with E-state index in [1.54, 1.807) is 12.4 Å². The van der Waals surface area contributed by atoms with Gasteiger partial charge in [0.05, 0.1) is 25.6 Å². The number of aromatic nitrogens is 4. The Morgan fingerprint density at radius 2 is 1.93 bits per heavy atom. The van der Waals surface area contributed by atoms with Crippen LogP contribution in [-0.2, 0) is 21.3 Å². The van der Waals surface area contributed by atoms with E-state index in [1.165, 1.54) is 5.56 Å². The summed E-state index contributed by atoms with van der Waals surface area (Å²) in [5, 5.41) is 13.8. The molecule has 1 aliphatic heterocycles. The zero-order valence-electron chi connectivity index (χ0n) is 23.7. The van der Waals surface area contributed by atoms with Crippen LogP contribution in [0, 0.1) is 0 Å². The van der Waals surface area contributed by atoms with Crippen LogP contribution in [0.15, 0.2) is 85.6 Å². The molecule has 3 heterocycles. The quantitative estimate of drug-likeness (QED) is 0.228. The fraction of sp³-hybridized carbons (Fsp3) is 0.367. The van der Waals surface area contributed by atoms with Crippen molar-refractivity contribution in [2.45, 2.75) is 57.9 Å². The number of nitrogens with zero attached hydrogens (tertiary/aromatic N) is 4. The SMILES string of the molecule is C=C/C=C\C=C/CC(CNc1nc(CNS(=O)(=O)C=C)nc2c1ncn2C1CCC(CO)O1)c1ccccc1.CC. The van der Waals surface area contributed by atoms with Gasteiger partial charge in [-0.3, -0.25) is 4.57 Å². The predicted molar refractivity (Wildman–Crippen MR) is 164 cm³/mol. The number of rotatable bonds is 14. The highest BCUT2D eigenvalue weighted by molar-refractivity contribution is 7.92. The number of benzene rings is 1. The van der Waals surface area contributed by atoms with Crippen molar-refractivity contribution in [2.75, 3.05) is 18.5 Å². The average Bonchev–Trinajstić information content (AvgIpc) is 3.66. The van der Waals surface area contributed by atoms with Crippen molar-refractivity contribution in [3.63, 3.8) is 0 Å². The van der Waals surface area contributed by atoms with Crippen LogP contribution in [0.2, 0.25) is 0 Å². The van der Waals surface area contributed by atoms with Crippen LogP contribution < -0.4 is 10.0 Å². The Hall–Kier alpha value is -3.64. The second-order valence-electron chi connectivity index (χ2n) is 9.09. The van der Waals surface area contributed by atoms with E-state index in [0.29, 0.717) is 29.9 Å². The maximum Gasteiger partial charge on any atom is 0.233 e. The largest absolute Gasteiger partial charge is 0.394 e. The topological polar surface area (TPSA) is 131 Å². The monoisotopic (exact) mass is 580 g/mol. The maximum absolute atomic E-state index is 12.0. The molecule has 0 spiro atoms. The lowest BCUT2D eigenvalue weighted by atomic mass is 9.95. The third-order valence-electron chi connectivity index (χ3n) is 6.42. The zero-order chi connectivity index (χ0) is 29.7. The molecule has 0 saturated carbocycles. The Balaban J connectivity index is 0.00000226. The minimum absolute atomic E-state index is 0.0573. The summed E-state index contributed by atoms with van der Waals surface area (Å²) in [6.07, 6.45) is 12.9. The molecule has 220 valence electrons. The summed E-state index contributed by atoms with van der Waals surface area (Å²) >= 11 is 0. The maximum atomic E-state index is 12.0. The van der Waals surface area contributed by atoms with E-state index in [9.17, 15) is 13.5 Å². The molecule has 4 rings (SSSR count). The van der Waals surface area contributed by atoms with Crippen LogP contribution in [0.3, 0.4) is 0 Å². The molecule has 1 fully saturated rings. The van der Waals surface area contributed by atoms with Gasteiger partial charge >= 0.3 is 0 Å². The van der Waals surface area contributed by atoms with Gasteiger partial charge in [0.1, 0.15) is 12.1 Å². The number of allylic oxidation sites excluding steroid dienone is 5. The minimum atomic E-state index is -3.67. The van der Waals surface area contributed by atoms with E-state index < -0.39 is 10.0 Å². The number of ether oxygens (including phenoxy) is 1. The smallest absolute Gasteiger partial charge is 0.233 e. The van der Waals surface area contributed by atoms with E-state index in [-0.39, 0.29) is 37.2 Å². The first-order chi connectivity index (χ1) is 19.9. The number of hydrogen-bond acceptors (Lipinski definition) is 8. The summed E-state index contributed by atoms with van der Waals surface area (Å²) in [4.78, 5) is 13.8. The van der Waals surface area contributed by atoms with Gasteiger partial charge in [0.25, 0.3) is 0 Å². The number of hydrogen-bond donors (Lipinski definition) is 3. The van der Waals surface area contributed by atoms with Gasteiger partial charge < -0.3 is 15.2 Å².